The second kappa shape index (κ2) is 6.16. The number of aryl methyl sites for hydroxylation is 1. The summed E-state index contributed by atoms with van der Waals surface area (Å²) in [7, 11) is 0. The highest BCUT2D eigenvalue weighted by Crippen LogP contribution is 2.26. The number of nitrogens with one attached hydrogen (secondary N) is 1. The van der Waals surface area contributed by atoms with E-state index in [0.717, 1.165) is 32.1 Å². The van der Waals surface area contributed by atoms with Crippen LogP contribution in [-0.4, -0.2) is 4.98 Å². The van der Waals surface area contributed by atoms with Gasteiger partial charge in [-0.1, -0.05) is 50.1 Å². The quantitative estimate of drug-likeness (QED) is 0.606. The van der Waals surface area contributed by atoms with Gasteiger partial charge in [-0.15, -0.1) is 0 Å². The molecule has 0 bridgehead atoms. The van der Waals surface area contributed by atoms with Crippen molar-refractivity contribution in [1.82, 2.24) is 4.98 Å². The molecule has 2 aromatic carbocycles. The molecule has 4 heteroatoms. The molecule has 106 valence electrons. The van der Waals surface area contributed by atoms with Crippen LogP contribution in [0.5, 0.6) is 0 Å². The molecule has 1 heterocycles. The standard InChI is InChI=1S/C17H14Br2N2/c1-11-4-6-13(9-16(11)19)21-10-12-5-7-15(18)14-3-2-8-20-17(12)14/h2-9,21H,10H2,1H3. The molecule has 3 aromatic rings. The lowest BCUT2D eigenvalue weighted by Gasteiger charge is -2.11. The van der Waals surface area contributed by atoms with Crippen LogP contribution < -0.4 is 5.32 Å². The number of hydrogen-bond acceptors (Lipinski definition) is 2. The van der Waals surface area contributed by atoms with Crippen molar-refractivity contribution in [3.05, 3.63) is 68.7 Å². The topological polar surface area (TPSA) is 24.9 Å². The van der Waals surface area contributed by atoms with Gasteiger partial charge in [-0.25, -0.2) is 0 Å². The van der Waals surface area contributed by atoms with Crippen molar-refractivity contribution in [3.8, 4) is 0 Å². The van der Waals surface area contributed by atoms with Crippen molar-refractivity contribution in [2.45, 2.75) is 13.5 Å². The van der Waals surface area contributed by atoms with Crippen LogP contribution in [0.3, 0.4) is 0 Å². The van der Waals surface area contributed by atoms with Gasteiger partial charge in [0.15, 0.2) is 0 Å². The maximum Gasteiger partial charge on any atom is 0.0763 e. The summed E-state index contributed by atoms with van der Waals surface area (Å²) in [5.41, 5.74) is 4.55. The number of halogens is 2. The van der Waals surface area contributed by atoms with Crippen molar-refractivity contribution >= 4 is 48.5 Å². The van der Waals surface area contributed by atoms with Gasteiger partial charge < -0.3 is 5.32 Å². The molecule has 0 saturated carbocycles. The summed E-state index contributed by atoms with van der Waals surface area (Å²) in [5, 5.41) is 4.60. The molecule has 0 spiro atoms. The van der Waals surface area contributed by atoms with E-state index >= 15 is 0 Å². The number of nitrogens with zero attached hydrogens (tertiary/aromatic N) is 1. The Morgan fingerprint density at radius 3 is 2.71 bits per heavy atom. The van der Waals surface area contributed by atoms with Gasteiger partial charge >= 0.3 is 0 Å². The molecule has 0 saturated heterocycles. The SMILES string of the molecule is Cc1ccc(NCc2ccc(Br)c3cccnc23)cc1Br. The van der Waals surface area contributed by atoms with E-state index in [1.54, 1.807) is 0 Å². The molecule has 3 rings (SSSR count). The molecule has 0 amide bonds. The fourth-order valence-corrected chi connectivity index (χ4v) is 3.07. The number of hydrogen-bond donors (Lipinski definition) is 1. The molecular formula is C17H14Br2N2. The predicted octanol–water partition coefficient (Wildman–Crippen LogP) is 5.68. The van der Waals surface area contributed by atoms with Crippen LogP contribution in [0.25, 0.3) is 10.9 Å². The van der Waals surface area contributed by atoms with Gasteiger partial charge in [-0.2, -0.15) is 0 Å². The summed E-state index contributed by atoms with van der Waals surface area (Å²) in [6.07, 6.45) is 1.83. The largest absolute Gasteiger partial charge is 0.381 e. The Bertz CT molecular complexity index is 800. The maximum atomic E-state index is 4.51. The van der Waals surface area contributed by atoms with Crippen LogP contribution in [0.1, 0.15) is 11.1 Å². The summed E-state index contributed by atoms with van der Waals surface area (Å²) in [4.78, 5) is 4.51. The third-order valence-electron chi connectivity index (χ3n) is 3.45. The van der Waals surface area contributed by atoms with Crippen molar-refractivity contribution in [1.29, 1.82) is 0 Å². The minimum absolute atomic E-state index is 0.746. The lowest BCUT2D eigenvalue weighted by molar-refractivity contribution is 1.15. The first-order valence-electron chi connectivity index (χ1n) is 6.67. The van der Waals surface area contributed by atoms with E-state index in [0.29, 0.717) is 0 Å². The Balaban J connectivity index is 1.88. The zero-order chi connectivity index (χ0) is 14.8. The van der Waals surface area contributed by atoms with E-state index < -0.39 is 0 Å². The number of pyridine rings is 1. The first-order valence-corrected chi connectivity index (χ1v) is 8.26. The molecule has 0 atom stereocenters. The van der Waals surface area contributed by atoms with E-state index in [9.17, 15) is 0 Å². The Kier molecular flexibility index (Phi) is 4.27. The van der Waals surface area contributed by atoms with Gasteiger partial charge in [0.25, 0.3) is 0 Å². The highest BCUT2D eigenvalue weighted by Gasteiger charge is 2.05. The van der Waals surface area contributed by atoms with Crippen molar-refractivity contribution in [2.24, 2.45) is 0 Å². The van der Waals surface area contributed by atoms with Gasteiger partial charge in [0.1, 0.15) is 0 Å². The molecule has 0 fully saturated rings. The molecule has 1 N–H and O–H groups in total. The average Bonchev–Trinajstić information content (AvgIpc) is 2.50. The molecule has 21 heavy (non-hydrogen) atoms. The smallest absolute Gasteiger partial charge is 0.0763 e. The minimum Gasteiger partial charge on any atom is -0.381 e. The predicted molar refractivity (Wildman–Crippen MR) is 95.6 cm³/mol. The number of anilines is 1. The van der Waals surface area contributed by atoms with Gasteiger partial charge in [-0.3, -0.25) is 4.98 Å². The van der Waals surface area contributed by atoms with E-state index in [4.69, 9.17) is 0 Å². The Morgan fingerprint density at radius 1 is 1.05 bits per heavy atom. The highest BCUT2D eigenvalue weighted by molar-refractivity contribution is 9.11. The monoisotopic (exact) mass is 404 g/mol. The summed E-state index contributed by atoms with van der Waals surface area (Å²) in [6, 6.07) is 14.5. The summed E-state index contributed by atoms with van der Waals surface area (Å²) < 4.78 is 2.19. The van der Waals surface area contributed by atoms with Gasteiger partial charge in [-0.05, 0) is 42.3 Å². The van der Waals surface area contributed by atoms with Crippen LogP contribution in [0, 0.1) is 6.92 Å². The summed E-state index contributed by atoms with van der Waals surface area (Å²) >= 11 is 7.14. The number of fused-ring (bicyclic) bond motifs is 1. The Morgan fingerprint density at radius 2 is 1.90 bits per heavy atom. The Hall–Kier alpha value is -1.39. The van der Waals surface area contributed by atoms with Crippen LogP contribution in [-0.2, 0) is 6.54 Å². The molecular weight excluding hydrogens is 392 g/mol. The van der Waals surface area contributed by atoms with Crippen molar-refractivity contribution < 1.29 is 0 Å². The summed E-state index contributed by atoms with van der Waals surface area (Å²) in [5.74, 6) is 0. The molecule has 1 aromatic heterocycles. The third kappa shape index (κ3) is 3.11. The van der Waals surface area contributed by atoms with Gasteiger partial charge in [0, 0.05) is 32.8 Å². The van der Waals surface area contributed by atoms with Crippen molar-refractivity contribution in [2.75, 3.05) is 5.32 Å². The zero-order valence-corrected chi connectivity index (χ0v) is 14.7. The minimum atomic E-state index is 0.746. The molecule has 0 radical (unpaired) electrons. The van der Waals surface area contributed by atoms with Gasteiger partial charge in [0.05, 0.1) is 5.52 Å². The molecule has 2 nitrogen and oxygen atoms in total. The second-order valence-corrected chi connectivity index (χ2v) is 6.63. The number of aromatic nitrogens is 1. The van der Waals surface area contributed by atoms with E-state index in [-0.39, 0.29) is 0 Å². The molecule has 0 aliphatic carbocycles. The highest BCUT2D eigenvalue weighted by atomic mass is 79.9. The number of rotatable bonds is 3. The van der Waals surface area contributed by atoms with Crippen LogP contribution in [0.4, 0.5) is 5.69 Å². The van der Waals surface area contributed by atoms with E-state index in [2.05, 4.69) is 85.5 Å². The number of benzene rings is 2. The zero-order valence-electron chi connectivity index (χ0n) is 11.5. The lowest BCUT2D eigenvalue weighted by Crippen LogP contribution is -2.01. The maximum absolute atomic E-state index is 4.51. The first kappa shape index (κ1) is 14.5. The third-order valence-corrected chi connectivity index (χ3v) is 5.00. The average molecular weight is 406 g/mol. The normalized spacial score (nSPS) is 10.8. The molecule has 0 unspecified atom stereocenters. The molecule has 0 aliphatic rings. The fraction of sp³-hybridized carbons (Fsp3) is 0.118. The van der Waals surface area contributed by atoms with Gasteiger partial charge in [0.2, 0.25) is 0 Å². The van der Waals surface area contributed by atoms with Crippen molar-refractivity contribution in [3.63, 3.8) is 0 Å². The van der Waals surface area contributed by atoms with Crippen LogP contribution in [0.2, 0.25) is 0 Å². The van der Waals surface area contributed by atoms with Crippen LogP contribution in [0.15, 0.2) is 57.6 Å². The molecule has 0 aliphatic heterocycles. The first-order chi connectivity index (χ1) is 10.1. The summed E-state index contributed by atoms with van der Waals surface area (Å²) in [6.45, 7) is 2.83. The lowest BCUT2D eigenvalue weighted by atomic mass is 10.1. The Labute approximate surface area is 140 Å². The second-order valence-electron chi connectivity index (χ2n) is 4.92. The van der Waals surface area contributed by atoms with Crippen LogP contribution >= 0.6 is 31.9 Å². The van der Waals surface area contributed by atoms with E-state index in [1.807, 2.05) is 12.3 Å². The fourth-order valence-electron chi connectivity index (χ4n) is 2.24. The van der Waals surface area contributed by atoms with E-state index in [1.165, 1.54) is 11.1 Å².